The van der Waals surface area contributed by atoms with E-state index in [0.29, 0.717) is 10.7 Å². The first-order valence-corrected chi connectivity index (χ1v) is 6.68. The van der Waals surface area contributed by atoms with E-state index in [0.717, 1.165) is 10.6 Å². The van der Waals surface area contributed by atoms with Crippen molar-refractivity contribution in [3.63, 3.8) is 0 Å². The highest BCUT2D eigenvalue weighted by Crippen LogP contribution is 2.32. The van der Waals surface area contributed by atoms with Crippen LogP contribution < -0.4 is 0 Å². The fraction of sp³-hybridized carbons (Fsp3) is 0.231. The predicted octanol–water partition coefficient (Wildman–Crippen LogP) is 4.29. The minimum atomic E-state index is -0.950. The summed E-state index contributed by atoms with van der Waals surface area (Å²) in [5.74, 6) is -0.740. The Balaban J connectivity index is 2.58. The van der Waals surface area contributed by atoms with Gasteiger partial charge in [0.05, 0.1) is 10.7 Å². The van der Waals surface area contributed by atoms with Gasteiger partial charge >= 0.3 is 5.97 Å². The number of carboxylic acids is 1. The quantitative estimate of drug-likeness (QED) is 0.913. The Morgan fingerprint density at radius 2 is 2.17 bits per heavy atom. The third-order valence-corrected chi connectivity index (χ3v) is 4.01. The topological polar surface area (TPSA) is 50.2 Å². The van der Waals surface area contributed by atoms with Crippen LogP contribution in [0.4, 0.5) is 0 Å². The third kappa shape index (κ3) is 2.54. The van der Waals surface area contributed by atoms with Gasteiger partial charge in [0.1, 0.15) is 4.88 Å². The van der Waals surface area contributed by atoms with E-state index in [1.807, 2.05) is 19.9 Å². The van der Waals surface area contributed by atoms with E-state index >= 15 is 0 Å². The molecule has 2 aromatic rings. The van der Waals surface area contributed by atoms with E-state index < -0.39 is 5.97 Å². The Hall–Kier alpha value is -1.39. The minimum Gasteiger partial charge on any atom is -0.477 e. The second-order valence-corrected chi connectivity index (χ2v) is 5.67. The summed E-state index contributed by atoms with van der Waals surface area (Å²) < 4.78 is 0. The molecular formula is C13H12ClNO2S. The first-order chi connectivity index (χ1) is 8.49. The summed E-state index contributed by atoms with van der Waals surface area (Å²) in [4.78, 5) is 15.9. The highest BCUT2D eigenvalue weighted by atomic mass is 35.5. The molecular weight excluding hydrogens is 270 g/mol. The molecule has 0 aliphatic rings. The molecule has 0 fully saturated rings. The molecule has 0 amide bonds. The fourth-order valence-electron chi connectivity index (χ4n) is 1.56. The van der Waals surface area contributed by atoms with Gasteiger partial charge in [0.15, 0.2) is 0 Å². The summed E-state index contributed by atoms with van der Waals surface area (Å²) in [7, 11) is 0. The van der Waals surface area contributed by atoms with Crippen LogP contribution in [0.15, 0.2) is 24.3 Å². The molecule has 1 N–H and O–H groups in total. The Kier molecular flexibility index (Phi) is 3.68. The number of hydrogen-bond donors (Lipinski definition) is 1. The lowest BCUT2D eigenvalue weighted by Gasteiger charge is -1.99. The molecule has 0 unspecified atom stereocenters. The summed E-state index contributed by atoms with van der Waals surface area (Å²) in [6, 6.07) is 7.09. The second-order valence-electron chi connectivity index (χ2n) is 4.20. The number of carboxylic acid groups (broad SMARTS) is 1. The maximum atomic E-state index is 11.3. The largest absolute Gasteiger partial charge is 0.477 e. The molecule has 94 valence electrons. The van der Waals surface area contributed by atoms with Crippen molar-refractivity contribution in [2.45, 2.75) is 19.8 Å². The molecule has 0 aliphatic heterocycles. The van der Waals surface area contributed by atoms with E-state index in [2.05, 4.69) is 4.98 Å². The average molecular weight is 282 g/mol. The first-order valence-electron chi connectivity index (χ1n) is 5.49. The molecule has 0 saturated heterocycles. The Morgan fingerprint density at radius 3 is 2.72 bits per heavy atom. The Labute approximate surface area is 114 Å². The molecule has 1 heterocycles. The molecule has 0 bridgehead atoms. The smallest absolute Gasteiger partial charge is 0.348 e. The minimum absolute atomic E-state index is 0.209. The number of hydrogen-bond acceptors (Lipinski definition) is 3. The van der Waals surface area contributed by atoms with Crippen LogP contribution in [0.2, 0.25) is 5.02 Å². The highest BCUT2D eigenvalue weighted by molar-refractivity contribution is 7.14. The van der Waals surface area contributed by atoms with E-state index in [1.165, 1.54) is 11.3 Å². The monoisotopic (exact) mass is 281 g/mol. The van der Waals surface area contributed by atoms with Gasteiger partial charge in [0.25, 0.3) is 0 Å². The molecule has 0 atom stereocenters. The van der Waals surface area contributed by atoms with Crippen LogP contribution in [-0.4, -0.2) is 16.1 Å². The summed E-state index contributed by atoms with van der Waals surface area (Å²) in [5.41, 5.74) is 1.24. The van der Waals surface area contributed by atoms with Gasteiger partial charge in [-0.25, -0.2) is 9.78 Å². The van der Waals surface area contributed by atoms with Crippen LogP contribution in [0.3, 0.4) is 0 Å². The van der Waals surface area contributed by atoms with Crippen LogP contribution in [0.25, 0.3) is 11.3 Å². The third-order valence-electron chi connectivity index (χ3n) is 2.43. The molecule has 0 spiro atoms. The van der Waals surface area contributed by atoms with Crippen molar-refractivity contribution < 1.29 is 9.90 Å². The number of carbonyl (C=O) groups is 1. The number of halogens is 1. The summed E-state index contributed by atoms with van der Waals surface area (Å²) in [5, 5.41) is 10.6. The molecule has 5 heteroatoms. The standard InChI is InChI=1S/C13H12ClNO2S/c1-7(2)12-15-10(11(18-12)13(16)17)8-4-3-5-9(14)6-8/h3-7H,1-2H3,(H,16,17). The first kappa shape index (κ1) is 13.1. The molecule has 1 aromatic carbocycles. The van der Waals surface area contributed by atoms with E-state index in [-0.39, 0.29) is 10.8 Å². The zero-order chi connectivity index (χ0) is 13.3. The zero-order valence-corrected chi connectivity index (χ0v) is 11.5. The van der Waals surface area contributed by atoms with Gasteiger partial charge in [-0.1, -0.05) is 37.6 Å². The Morgan fingerprint density at radius 1 is 1.44 bits per heavy atom. The van der Waals surface area contributed by atoms with Gasteiger partial charge in [0, 0.05) is 16.5 Å². The van der Waals surface area contributed by atoms with Gasteiger partial charge in [-0.15, -0.1) is 11.3 Å². The number of aromatic carboxylic acids is 1. The van der Waals surface area contributed by atoms with Crippen molar-refractivity contribution in [1.82, 2.24) is 4.98 Å². The van der Waals surface area contributed by atoms with Crippen LogP contribution in [0, 0.1) is 0 Å². The van der Waals surface area contributed by atoms with Crippen LogP contribution >= 0.6 is 22.9 Å². The molecule has 2 rings (SSSR count). The van der Waals surface area contributed by atoms with Crippen molar-refractivity contribution in [2.75, 3.05) is 0 Å². The van der Waals surface area contributed by atoms with Crippen molar-refractivity contribution in [3.05, 3.63) is 39.2 Å². The summed E-state index contributed by atoms with van der Waals surface area (Å²) in [6.07, 6.45) is 0. The maximum absolute atomic E-state index is 11.3. The van der Waals surface area contributed by atoms with Crippen LogP contribution in [0.5, 0.6) is 0 Å². The van der Waals surface area contributed by atoms with Gasteiger partial charge in [0.2, 0.25) is 0 Å². The lowest BCUT2D eigenvalue weighted by atomic mass is 10.1. The average Bonchev–Trinajstić information content (AvgIpc) is 2.73. The number of thiazole rings is 1. The van der Waals surface area contributed by atoms with Gasteiger partial charge in [-0.2, -0.15) is 0 Å². The van der Waals surface area contributed by atoms with Crippen molar-refractivity contribution >= 4 is 28.9 Å². The number of nitrogens with zero attached hydrogens (tertiary/aromatic N) is 1. The molecule has 0 radical (unpaired) electrons. The normalized spacial score (nSPS) is 10.9. The second kappa shape index (κ2) is 5.08. The summed E-state index contributed by atoms with van der Waals surface area (Å²) in [6.45, 7) is 3.98. The van der Waals surface area contributed by atoms with E-state index in [4.69, 9.17) is 11.6 Å². The SMILES string of the molecule is CC(C)c1nc(-c2cccc(Cl)c2)c(C(=O)O)s1. The number of aromatic nitrogens is 1. The number of benzene rings is 1. The molecule has 0 saturated carbocycles. The molecule has 18 heavy (non-hydrogen) atoms. The van der Waals surface area contributed by atoms with Crippen molar-refractivity contribution in [2.24, 2.45) is 0 Å². The molecule has 0 aliphatic carbocycles. The zero-order valence-electron chi connectivity index (χ0n) is 9.98. The van der Waals surface area contributed by atoms with Crippen molar-refractivity contribution in [1.29, 1.82) is 0 Å². The van der Waals surface area contributed by atoms with Crippen molar-refractivity contribution in [3.8, 4) is 11.3 Å². The van der Waals surface area contributed by atoms with E-state index in [9.17, 15) is 9.90 Å². The van der Waals surface area contributed by atoms with Gasteiger partial charge in [-0.3, -0.25) is 0 Å². The molecule has 1 aromatic heterocycles. The number of rotatable bonds is 3. The van der Waals surface area contributed by atoms with Crippen LogP contribution in [0.1, 0.15) is 34.4 Å². The molecule has 3 nitrogen and oxygen atoms in total. The maximum Gasteiger partial charge on any atom is 0.348 e. The van der Waals surface area contributed by atoms with E-state index in [1.54, 1.807) is 18.2 Å². The summed E-state index contributed by atoms with van der Waals surface area (Å²) >= 11 is 7.15. The lowest BCUT2D eigenvalue weighted by molar-refractivity contribution is 0.0702. The predicted molar refractivity (Wildman–Crippen MR) is 73.6 cm³/mol. The van der Waals surface area contributed by atoms with Gasteiger partial charge in [-0.05, 0) is 12.1 Å². The highest BCUT2D eigenvalue weighted by Gasteiger charge is 2.20. The fourth-order valence-corrected chi connectivity index (χ4v) is 2.68. The van der Waals surface area contributed by atoms with Gasteiger partial charge < -0.3 is 5.11 Å². The van der Waals surface area contributed by atoms with Crippen LogP contribution in [-0.2, 0) is 0 Å². The Bertz CT molecular complexity index is 592. The lowest BCUT2D eigenvalue weighted by Crippen LogP contribution is -1.95.